The van der Waals surface area contributed by atoms with E-state index in [2.05, 4.69) is 6.07 Å². The molecule has 1 aromatic carbocycles. The number of nitrogens with zero attached hydrogens (tertiary/aromatic N) is 1. The zero-order chi connectivity index (χ0) is 13.8. The maximum atomic E-state index is 11.5. The van der Waals surface area contributed by atoms with Crippen molar-refractivity contribution in [3.63, 3.8) is 0 Å². The van der Waals surface area contributed by atoms with Crippen LogP contribution >= 0.6 is 0 Å². The monoisotopic (exact) mass is 247 g/mol. The van der Waals surface area contributed by atoms with Crippen molar-refractivity contribution in [2.24, 2.45) is 5.41 Å². The lowest BCUT2D eigenvalue weighted by Crippen LogP contribution is -2.32. The van der Waals surface area contributed by atoms with Gasteiger partial charge in [0.25, 0.3) is 0 Å². The van der Waals surface area contributed by atoms with Crippen LogP contribution in [0.15, 0.2) is 18.2 Å². The fraction of sp³-hybridized carbons (Fsp3) is 0.429. The third-order valence-electron chi connectivity index (χ3n) is 2.64. The van der Waals surface area contributed by atoms with Gasteiger partial charge in [0.15, 0.2) is 0 Å². The minimum absolute atomic E-state index is 0.204. The van der Waals surface area contributed by atoms with Gasteiger partial charge in [-0.3, -0.25) is 4.79 Å². The molecule has 0 aliphatic heterocycles. The molecule has 1 aromatic rings. The van der Waals surface area contributed by atoms with Crippen molar-refractivity contribution in [2.75, 3.05) is 13.7 Å². The minimum Gasteiger partial charge on any atom is -0.492 e. The van der Waals surface area contributed by atoms with E-state index in [1.165, 1.54) is 7.11 Å². The van der Waals surface area contributed by atoms with E-state index in [0.29, 0.717) is 11.3 Å². The Kier molecular flexibility index (Phi) is 4.33. The highest BCUT2D eigenvalue weighted by Crippen LogP contribution is 2.23. The van der Waals surface area contributed by atoms with Gasteiger partial charge in [-0.25, -0.2) is 0 Å². The van der Waals surface area contributed by atoms with E-state index in [-0.39, 0.29) is 12.6 Å². The van der Waals surface area contributed by atoms with Crippen LogP contribution in [0.5, 0.6) is 5.75 Å². The predicted molar refractivity (Wildman–Crippen MR) is 67.2 cm³/mol. The third kappa shape index (κ3) is 3.24. The van der Waals surface area contributed by atoms with Gasteiger partial charge in [0, 0.05) is 0 Å². The summed E-state index contributed by atoms with van der Waals surface area (Å²) in [7, 11) is 1.35. The van der Waals surface area contributed by atoms with Crippen LogP contribution in [-0.2, 0) is 9.53 Å². The van der Waals surface area contributed by atoms with E-state index >= 15 is 0 Å². The largest absolute Gasteiger partial charge is 0.492 e. The maximum absolute atomic E-state index is 11.5. The number of rotatable bonds is 4. The molecule has 4 nitrogen and oxygen atoms in total. The Balaban J connectivity index is 2.81. The quantitative estimate of drug-likeness (QED) is 0.767. The number of nitriles is 1. The van der Waals surface area contributed by atoms with Gasteiger partial charge in [0.1, 0.15) is 12.4 Å². The fourth-order valence-electron chi connectivity index (χ4n) is 1.42. The molecule has 0 amide bonds. The van der Waals surface area contributed by atoms with Crippen molar-refractivity contribution in [3.8, 4) is 11.8 Å². The summed E-state index contributed by atoms with van der Waals surface area (Å²) in [5, 5.41) is 8.83. The Bertz CT molecular complexity index is 486. The maximum Gasteiger partial charge on any atom is 0.314 e. The molecule has 0 N–H and O–H groups in total. The van der Waals surface area contributed by atoms with Crippen LogP contribution in [0.1, 0.15) is 25.0 Å². The highest BCUT2D eigenvalue weighted by Gasteiger charge is 2.29. The molecule has 0 atom stereocenters. The highest BCUT2D eigenvalue weighted by molar-refractivity contribution is 5.75. The molecule has 0 aliphatic rings. The lowest BCUT2D eigenvalue weighted by molar-refractivity contribution is -0.152. The van der Waals surface area contributed by atoms with E-state index in [0.717, 1.165) is 5.56 Å². The van der Waals surface area contributed by atoms with Crippen LogP contribution in [0.4, 0.5) is 0 Å². The SMILES string of the molecule is COC(=O)C(C)(C)COc1cc(C#N)ccc1C. The minimum atomic E-state index is -0.718. The smallest absolute Gasteiger partial charge is 0.314 e. The number of hydrogen-bond donors (Lipinski definition) is 0. The molecule has 0 saturated heterocycles. The first-order valence-electron chi connectivity index (χ1n) is 5.62. The second-order valence-electron chi connectivity index (χ2n) is 4.76. The molecule has 0 bridgehead atoms. The number of ether oxygens (including phenoxy) is 2. The molecule has 0 fully saturated rings. The van der Waals surface area contributed by atoms with Crippen molar-refractivity contribution in [3.05, 3.63) is 29.3 Å². The lowest BCUT2D eigenvalue weighted by Gasteiger charge is -2.22. The van der Waals surface area contributed by atoms with Crippen molar-refractivity contribution in [2.45, 2.75) is 20.8 Å². The van der Waals surface area contributed by atoms with E-state index in [1.54, 1.807) is 26.0 Å². The molecule has 96 valence electrons. The summed E-state index contributed by atoms with van der Waals surface area (Å²) in [4.78, 5) is 11.5. The first-order valence-corrected chi connectivity index (χ1v) is 5.62. The van der Waals surface area contributed by atoms with Gasteiger partial charge in [0.2, 0.25) is 0 Å². The summed E-state index contributed by atoms with van der Waals surface area (Å²) in [6, 6.07) is 7.27. The van der Waals surface area contributed by atoms with Crippen LogP contribution in [0.25, 0.3) is 0 Å². The molecule has 1 rings (SSSR count). The van der Waals surface area contributed by atoms with Gasteiger partial charge in [-0.15, -0.1) is 0 Å². The number of hydrogen-bond acceptors (Lipinski definition) is 4. The second-order valence-corrected chi connectivity index (χ2v) is 4.76. The fourth-order valence-corrected chi connectivity index (χ4v) is 1.42. The molecule has 0 aliphatic carbocycles. The molecule has 0 heterocycles. The van der Waals surface area contributed by atoms with Crippen molar-refractivity contribution < 1.29 is 14.3 Å². The van der Waals surface area contributed by atoms with E-state index in [9.17, 15) is 4.79 Å². The summed E-state index contributed by atoms with van der Waals surface area (Å²) in [6.07, 6.45) is 0. The Morgan fingerprint density at radius 2 is 2.11 bits per heavy atom. The number of esters is 1. The Morgan fingerprint density at radius 1 is 1.44 bits per heavy atom. The molecule has 4 heteroatoms. The zero-order valence-electron chi connectivity index (χ0n) is 11.1. The molecule has 0 radical (unpaired) electrons. The van der Waals surface area contributed by atoms with Gasteiger partial charge >= 0.3 is 5.97 Å². The van der Waals surface area contributed by atoms with E-state index in [1.807, 2.05) is 13.0 Å². The van der Waals surface area contributed by atoms with Gasteiger partial charge in [-0.1, -0.05) is 6.07 Å². The Hall–Kier alpha value is -2.02. The van der Waals surface area contributed by atoms with Crippen molar-refractivity contribution in [1.29, 1.82) is 5.26 Å². The van der Waals surface area contributed by atoms with Crippen LogP contribution in [-0.4, -0.2) is 19.7 Å². The zero-order valence-corrected chi connectivity index (χ0v) is 11.1. The highest BCUT2D eigenvalue weighted by atomic mass is 16.5. The van der Waals surface area contributed by atoms with Gasteiger partial charge in [-0.05, 0) is 38.5 Å². The summed E-state index contributed by atoms with van der Waals surface area (Å²) in [5.41, 5.74) is 0.741. The van der Waals surface area contributed by atoms with Crippen LogP contribution in [0, 0.1) is 23.7 Å². The summed E-state index contributed by atoms with van der Waals surface area (Å²) >= 11 is 0. The molecular weight excluding hydrogens is 230 g/mol. The molecule has 18 heavy (non-hydrogen) atoms. The predicted octanol–water partition coefficient (Wildman–Crippen LogP) is 2.44. The van der Waals surface area contributed by atoms with Crippen LogP contribution < -0.4 is 4.74 Å². The summed E-state index contributed by atoms with van der Waals surface area (Å²) < 4.78 is 10.3. The molecule has 0 aromatic heterocycles. The van der Waals surface area contributed by atoms with Crippen LogP contribution in [0.3, 0.4) is 0 Å². The summed E-state index contributed by atoms with van der Waals surface area (Å²) in [5.74, 6) is 0.294. The van der Waals surface area contributed by atoms with Crippen molar-refractivity contribution >= 4 is 5.97 Å². The van der Waals surface area contributed by atoms with E-state index in [4.69, 9.17) is 14.7 Å². The average Bonchev–Trinajstić information content (AvgIpc) is 2.36. The first-order chi connectivity index (χ1) is 8.40. The normalized spacial score (nSPS) is 10.6. The molecule has 0 saturated carbocycles. The average molecular weight is 247 g/mol. The van der Waals surface area contributed by atoms with Crippen molar-refractivity contribution in [1.82, 2.24) is 0 Å². The third-order valence-corrected chi connectivity index (χ3v) is 2.64. The Morgan fingerprint density at radius 3 is 2.67 bits per heavy atom. The second kappa shape index (κ2) is 5.54. The number of carbonyl (C=O) groups is 1. The van der Waals surface area contributed by atoms with Gasteiger partial charge in [0.05, 0.1) is 24.2 Å². The number of aryl methyl sites for hydroxylation is 1. The summed E-state index contributed by atoms with van der Waals surface area (Å²) in [6.45, 7) is 5.60. The topological polar surface area (TPSA) is 59.3 Å². The van der Waals surface area contributed by atoms with Crippen LogP contribution in [0.2, 0.25) is 0 Å². The standard InChI is InChI=1S/C14H17NO3/c1-10-5-6-11(8-15)7-12(10)18-9-14(2,3)13(16)17-4/h5-7H,9H2,1-4H3. The lowest BCUT2D eigenvalue weighted by atomic mass is 9.95. The Labute approximate surface area is 107 Å². The van der Waals surface area contributed by atoms with Gasteiger partial charge < -0.3 is 9.47 Å². The molecular formula is C14H17NO3. The number of methoxy groups -OCH3 is 1. The van der Waals surface area contributed by atoms with E-state index < -0.39 is 5.41 Å². The van der Waals surface area contributed by atoms with Gasteiger partial charge in [-0.2, -0.15) is 5.26 Å². The molecule has 0 spiro atoms. The first kappa shape index (κ1) is 14.0. The number of carbonyl (C=O) groups excluding carboxylic acids is 1. The molecule has 0 unspecified atom stereocenters. The number of benzene rings is 1.